The second-order valence-corrected chi connectivity index (χ2v) is 9.78. The van der Waals surface area contributed by atoms with Crippen molar-refractivity contribution < 1.29 is 9.59 Å². The summed E-state index contributed by atoms with van der Waals surface area (Å²) >= 11 is 12.2. The van der Waals surface area contributed by atoms with Gasteiger partial charge in [-0.25, -0.2) is 0 Å². The van der Waals surface area contributed by atoms with E-state index in [2.05, 4.69) is 21.9 Å². The van der Waals surface area contributed by atoms with E-state index in [1.165, 1.54) is 0 Å². The molecule has 0 saturated carbocycles. The monoisotopic (exact) mass is 502 g/mol. The number of carbonyl (C=O) groups excluding carboxylic acids is 2. The molecule has 4 rings (SSSR count). The predicted octanol–water partition coefficient (Wildman–Crippen LogP) is 4.55. The van der Waals surface area contributed by atoms with E-state index in [-0.39, 0.29) is 11.8 Å². The number of amides is 2. The topological polar surface area (TPSA) is 47.1 Å². The Bertz CT molecular complexity index is 907. The maximum atomic E-state index is 12.6. The highest BCUT2D eigenvalue weighted by Crippen LogP contribution is 2.22. The fourth-order valence-electron chi connectivity index (χ4n) is 4.64. The standard InChI is InChI=1S/C26H32Cl2N4O2/c27-21-5-3-7-23(19-21)29-11-15-31(16-12-29)25(33)9-1-2-10-26(34)32-17-13-30(14-18-32)24-8-4-6-22(28)20-24/h3-8,19-20H,1-2,9-18H2. The van der Waals surface area contributed by atoms with Gasteiger partial charge in [0.05, 0.1) is 0 Å². The third-order valence-electron chi connectivity index (χ3n) is 6.64. The molecule has 0 bridgehead atoms. The summed E-state index contributed by atoms with van der Waals surface area (Å²) in [5, 5.41) is 1.46. The van der Waals surface area contributed by atoms with Gasteiger partial charge in [0.25, 0.3) is 0 Å². The van der Waals surface area contributed by atoms with Gasteiger partial charge in [0.15, 0.2) is 0 Å². The number of rotatable bonds is 7. The first-order chi connectivity index (χ1) is 16.5. The van der Waals surface area contributed by atoms with Crippen molar-refractivity contribution >= 4 is 46.4 Å². The first-order valence-electron chi connectivity index (χ1n) is 12.1. The Morgan fingerprint density at radius 1 is 0.618 bits per heavy atom. The van der Waals surface area contributed by atoms with Gasteiger partial charge in [-0.05, 0) is 49.2 Å². The first-order valence-corrected chi connectivity index (χ1v) is 12.8. The molecule has 2 fully saturated rings. The van der Waals surface area contributed by atoms with E-state index in [1.807, 2.05) is 46.2 Å². The summed E-state index contributed by atoms with van der Waals surface area (Å²) in [7, 11) is 0. The minimum atomic E-state index is 0.188. The third kappa shape index (κ3) is 6.57. The molecule has 6 nitrogen and oxygen atoms in total. The zero-order valence-electron chi connectivity index (χ0n) is 19.5. The summed E-state index contributed by atoms with van der Waals surface area (Å²) in [6.45, 7) is 6.14. The molecule has 0 aromatic heterocycles. The largest absolute Gasteiger partial charge is 0.368 e. The Labute approximate surface area is 212 Å². The van der Waals surface area contributed by atoms with Gasteiger partial charge in [0, 0.05) is 86.6 Å². The fraction of sp³-hybridized carbons (Fsp3) is 0.462. The number of anilines is 2. The molecule has 2 saturated heterocycles. The van der Waals surface area contributed by atoms with Gasteiger partial charge in [-0.2, -0.15) is 0 Å². The molecule has 2 aromatic carbocycles. The molecule has 0 N–H and O–H groups in total. The minimum Gasteiger partial charge on any atom is -0.368 e. The van der Waals surface area contributed by atoms with Gasteiger partial charge in [0.1, 0.15) is 0 Å². The Kier molecular flexibility index (Phi) is 8.57. The second-order valence-electron chi connectivity index (χ2n) is 8.90. The Morgan fingerprint density at radius 2 is 1.00 bits per heavy atom. The van der Waals surface area contributed by atoms with Crippen LogP contribution in [-0.2, 0) is 9.59 Å². The molecule has 34 heavy (non-hydrogen) atoms. The predicted molar refractivity (Wildman–Crippen MR) is 139 cm³/mol. The van der Waals surface area contributed by atoms with Crippen molar-refractivity contribution in [1.29, 1.82) is 0 Å². The van der Waals surface area contributed by atoms with Crippen LogP contribution >= 0.6 is 23.2 Å². The molecule has 2 amide bonds. The second kappa shape index (κ2) is 11.8. The van der Waals surface area contributed by atoms with E-state index in [0.717, 1.165) is 86.6 Å². The van der Waals surface area contributed by atoms with Crippen LogP contribution in [0.4, 0.5) is 11.4 Å². The normalized spacial score (nSPS) is 16.6. The van der Waals surface area contributed by atoms with Crippen LogP contribution < -0.4 is 9.80 Å². The van der Waals surface area contributed by atoms with Crippen molar-refractivity contribution in [2.24, 2.45) is 0 Å². The number of hydrogen-bond acceptors (Lipinski definition) is 4. The number of nitrogens with zero attached hydrogens (tertiary/aromatic N) is 4. The van der Waals surface area contributed by atoms with Crippen molar-refractivity contribution in [3.8, 4) is 0 Å². The lowest BCUT2D eigenvalue weighted by atomic mass is 10.1. The molecule has 0 atom stereocenters. The molecular weight excluding hydrogens is 471 g/mol. The molecule has 2 heterocycles. The third-order valence-corrected chi connectivity index (χ3v) is 7.11. The highest BCUT2D eigenvalue weighted by molar-refractivity contribution is 6.31. The van der Waals surface area contributed by atoms with E-state index in [1.54, 1.807) is 0 Å². The van der Waals surface area contributed by atoms with Crippen LogP contribution in [0.2, 0.25) is 10.0 Å². The molecule has 2 aromatic rings. The van der Waals surface area contributed by atoms with Crippen LogP contribution in [-0.4, -0.2) is 74.0 Å². The lowest BCUT2D eigenvalue weighted by Crippen LogP contribution is -2.49. The molecule has 0 aliphatic carbocycles. The smallest absolute Gasteiger partial charge is 0.222 e. The Balaban J connectivity index is 1.11. The van der Waals surface area contributed by atoms with Crippen LogP contribution in [0, 0.1) is 0 Å². The van der Waals surface area contributed by atoms with Gasteiger partial charge < -0.3 is 19.6 Å². The van der Waals surface area contributed by atoms with Crippen LogP contribution in [0.25, 0.3) is 0 Å². The molecule has 0 spiro atoms. The number of carbonyl (C=O) groups is 2. The lowest BCUT2D eigenvalue weighted by Gasteiger charge is -2.36. The van der Waals surface area contributed by atoms with Crippen LogP contribution in [0.3, 0.4) is 0 Å². The highest BCUT2D eigenvalue weighted by atomic mass is 35.5. The molecule has 2 aliphatic heterocycles. The van der Waals surface area contributed by atoms with Gasteiger partial charge in [-0.1, -0.05) is 35.3 Å². The molecule has 0 unspecified atom stereocenters. The van der Waals surface area contributed by atoms with E-state index in [0.29, 0.717) is 12.8 Å². The molecular formula is C26H32Cl2N4O2. The highest BCUT2D eigenvalue weighted by Gasteiger charge is 2.23. The quantitative estimate of drug-likeness (QED) is 0.521. The summed E-state index contributed by atoms with van der Waals surface area (Å²) < 4.78 is 0. The van der Waals surface area contributed by atoms with E-state index in [9.17, 15) is 9.59 Å². The summed E-state index contributed by atoms with van der Waals surface area (Å²) in [6.07, 6.45) is 2.52. The minimum absolute atomic E-state index is 0.188. The Hall–Kier alpha value is -2.44. The number of benzene rings is 2. The maximum absolute atomic E-state index is 12.6. The average Bonchev–Trinajstić information content (AvgIpc) is 2.86. The van der Waals surface area contributed by atoms with E-state index < -0.39 is 0 Å². The zero-order chi connectivity index (χ0) is 23.9. The lowest BCUT2D eigenvalue weighted by molar-refractivity contribution is -0.133. The number of piperazine rings is 2. The van der Waals surface area contributed by atoms with Crippen molar-refractivity contribution in [1.82, 2.24) is 9.80 Å². The van der Waals surface area contributed by atoms with Gasteiger partial charge in [0.2, 0.25) is 11.8 Å². The van der Waals surface area contributed by atoms with E-state index >= 15 is 0 Å². The van der Waals surface area contributed by atoms with Crippen molar-refractivity contribution in [2.45, 2.75) is 25.7 Å². The van der Waals surface area contributed by atoms with Crippen molar-refractivity contribution in [3.63, 3.8) is 0 Å². The summed E-state index contributed by atoms with van der Waals surface area (Å²) in [4.78, 5) is 33.6. The fourth-order valence-corrected chi connectivity index (χ4v) is 5.01. The average molecular weight is 503 g/mol. The Morgan fingerprint density at radius 3 is 1.35 bits per heavy atom. The SMILES string of the molecule is O=C(CCCCC(=O)N1CCN(c2cccc(Cl)c2)CC1)N1CCN(c2cccc(Cl)c2)CC1. The van der Waals surface area contributed by atoms with Crippen LogP contribution in [0.5, 0.6) is 0 Å². The number of unbranched alkanes of at least 4 members (excludes halogenated alkanes) is 1. The molecule has 2 aliphatic rings. The van der Waals surface area contributed by atoms with Crippen LogP contribution in [0.1, 0.15) is 25.7 Å². The zero-order valence-corrected chi connectivity index (χ0v) is 21.0. The summed E-state index contributed by atoms with van der Waals surface area (Å²) in [5.74, 6) is 0.377. The molecule has 182 valence electrons. The van der Waals surface area contributed by atoms with Gasteiger partial charge in [-0.3, -0.25) is 9.59 Å². The number of hydrogen-bond donors (Lipinski definition) is 0. The maximum Gasteiger partial charge on any atom is 0.222 e. The van der Waals surface area contributed by atoms with Crippen molar-refractivity contribution in [3.05, 3.63) is 58.6 Å². The number of halogens is 2. The van der Waals surface area contributed by atoms with Crippen LogP contribution in [0.15, 0.2) is 48.5 Å². The van der Waals surface area contributed by atoms with Crippen molar-refractivity contribution in [2.75, 3.05) is 62.2 Å². The van der Waals surface area contributed by atoms with E-state index in [4.69, 9.17) is 23.2 Å². The van der Waals surface area contributed by atoms with Gasteiger partial charge in [-0.15, -0.1) is 0 Å². The summed E-state index contributed by atoms with van der Waals surface area (Å²) in [6, 6.07) is 15.7. The first kappa shape index (κ1) is 24.7. The molecule has 0 radical (unpaired) electrons. The summed E-state index contributed by atoms with van der Waals surface area (Å²) in [5.41, 5.74) is 2.21. The molecule has 8 heteroatoms. The van der Waals surface area contributed by atoms with Gasteiger partial charge >= 0.3 is 0 Å².